The van der Waals surface area contributed by atoms with Gasteiger partial charge in [-0.2, -0.15) is 0 Å². The summed E-state index contributed by atoms with van der Waals surface area (Å²) in [6.07, 6.45) is 0. The summed E-state index contributed by atoms with van der Waals surface area (Å²) in [5.74, 6) is 1.40. The van der Waals surface area contributed by atoms with Gasteiger partial charge in [0.25, 0.3) is 0 Å². The van der Waals surface area contributed by atoms with Crippen molar-refractivity contribution < 1.29 is 0 Å². The van der Waals surface area contributed by atoms with Crippen LogP contribution in [0.4, 0.5) is 0 Å². The van der Waals surface area contributed by atoms with Crippen molar-refractivity contribution in [2.24, 2.45) is 5.41 Å². The van der Waals surface area contributed by atoms with E-state index in [0.29, 0.717) is 0 Å². The number of benzene rings is 3. The highest BCUT2D eigenvalue weighted by Gasteiger charge is 2.28. The molecule has 3 aromatic carbocycles. The highest BCUT2D eigenvalue weighted by molar-refractivity contribution is 5.84. The fourth-order valence-corrected chi connectivity index (χ4v) is 2.98. The minimum absolute atomic E-state index is 0.101. The predicted octanol–water partition coefficient (Wildman–Crippen LogP) is 5.86. The van der Waals surface area contributed by atoms with E-state index in [4.69, 9.17) is 0 Å². The number of fused-ring (bicyclic) bond motifs is 1. The summed E-state index contributed by atoms with van der Waals surface area (Å²) in [6, 6.07) is 26.0. The average Bonchev–Trinajstić information content (AvgIpc) is 2.47. The molecule has 0 nitrogen and oxygen atoms in total. The summed E-state index contributed by atoms with van der Waals surface area (Å²) >= 11 is 0. The van der Waals surface area contributed by atoms with Gasteiger partial charge in [0.05, 0.1) is 0 Å². The number of rotatable bonds is 2. The van der Waals surface area contributed by atoms with Gasteiger partial charge in [-0.15, -0.1) is 0 Å². The molecule has 0 aliphatic rings. The van der Waals surface area contributed by atoms with Gasteiger partial charge in [0.1, 0.15) is 0 Å². The zero-order chi connectivity index (χ0) is 14.9. The molecular formula is C21H21. The summed E-state index contributed by atoms with van der Waals surface area (Å²) in [5, 5.41) is 2.59. The van der Waals surface area contributed by atoms with Gasteiger partial charge in [0.2, 0.25) is 0 Å². The number of hydrogen-bond donors (Lipinski definition) is 0. The van der Waals surface area contributed by atoms with Crippen LogP contribution in [0.1, 0.15) is 31.9 Å². The summed E-state index contributed by atoms with van der Waals surface area (Å²) in [4.78, 5) is 0. The van der Waals surface area contributed by atoms with Gasteiger partial charge >= 0.3 is 0 Å². The third-order valence-corrected chi connectivity index (χ3v) is 3.85. The van der Waals surface area contributed by atoms with Crippen molar-refractivity contribution in [3.05, 3.63) is 89.8 Å². The lowest BCUT2D eigenvalue weighted by molar-refractivity contribution is 0.463. The largest absolute Gasteiger partial charge is 0.0622 e. The fourth-order valence-electron chi connectivity index (χ4n) is 2.98. The molecule has 0 aliphatic carbocycles. The second-order valence-corrected chi connectivity index (χ2v) is 6.55. The summed E-state index contributed by atoms with van der Waals surface area (Å²) < 4.78 is 0. The minimum Gasteiger partial charge on any atom is -0.0622 e. The highest BCUT2D eigenvalue weighted by Crippen LogP contribution is 2.40. The monoisotopic (exact) mass is 273 g/mol. The Morgan fingerprint density at radius 3 is 1.90 bits per heavy atom. The Balaban J connectivity index is 2.15. The molecule has 0 fully saturated rings. The van der Waals surface area contributed by atoms with Crippen LogP contribution < -0.4 is 0 Å². The Labute approximate surface area is 127 Å². The van der Waals surface area contributed by atoms with Crippen molar-refractivity contribution in [2.75, 3.05) is 0 Å². The van der Waals surface area contributed by atoms with E-state index in [2.05, 4.69) is 93.6 Å². The van der Waals surface area contributed by atoms with Crippen LogP contribution >= 0.6 is 0 Å². The Bertz CT molecular complexity index is 733. The topological polar surface area (TPSA) is 0 Å². The van der Waals surface area contributed by atoms with Gasteiger partial charge in [0, 0.05) is 5.92 Å². The second-order valence-electron chi connectivity index (χ2n) is 6.55. The molecule has 1 radical (unpaired) electrons. The quantitative estimate of drug-likeness (QED) is 0.549. The predicted molar refractivity (Wildman–Crippen MR) is 91.3 cm³/mol. The standard InChI is InChI=1S/C21H21/c1-21(2,3)20(17-10-5-4-6-11-17)19-14-13-16-9-7-8-12-18(16)15-19/h4-15H,1-3H3. The van der Waals surface area contributed by atoms with Crippen LogP contribution in [0, 0.1) is 11.3 Å². The molecule has 21 heavy (non-hydrogen) atoms. The van der Waals surface area contributed by atoms with Gasteiger partial charge in [-0.05, 0) is 27.3 Å². The molecule has 0 heterocycles. The Morgan fingerprint density at radius 1 is 0.619 bits per heavy atom. The molecule has 0 spiro atoms. The Morgan fingerprint density at radius 2 is 1.24 bits per heavy atom. The lowest BCUT2D eigenvalue weighted by Crippen LogP contribution is -2.20. The summed E-state index contributed by atoms with van der Waals surface area (Å²) in [6.45, 7) is 6.85. The van der Waals surface area contributed by atoms with Crippen molar-refractivity contribution in [1.29, 1.82) is 0 Å². The van der Waals surface area contributed by atoms with Crippen molar-refractivity contribution in [1.82, 2.24) is 0 Å². The maximum Gasteiger partial charge on any atom is 0.0393 e. The molecule has 0 unspecified atom stereocenters. The molecule has 0 aliphatic heterocycles. The summed E-state index contributed by atoms with van der Waals surface area (Å²) in [5.41, 5.74) is 2.72. The van der Waals surface area contributed by atoms with Crippen molar-refractivity contribution in [2.45, 2.75) is 20.8 Å². The third-order valence-electron chi connectivity index (χ3n) is 3.85. The molecule has 105 valence electrons. The van der Waals surface area contributed by atoms with Gasteiger partial charge in [0.15, 0.2) is 0 Å². The van der Waals surface area contributed by atoms with Gasteiger partial charge in [-0.3, -0.25) is 0 Å². The average molecular weight is 273 g/mol. The molecule has 0 aromatic heterocycles. The van der Waals surface area contributed by atoms with Crippen LogP contribution in [0.2, 0.25) is 0 Å². The molecule has 0 saturated heterocycles. The van der Waals surface area contributed by atoms with E-state index in [1.165, 1.54) is 27.8 Å². The Kier molecular flexibility index (Phi) is 3.55. The molecule has 0 heteroatoms. The smallest absolute Gasteiger partial charge is 0.0393 e. The molecular weight excluding hydrogens is 252 g/mol. The van der Waals surface area contributed by atoms with E-state index in [1.807, 2.05) is 0 Å². The normalized spacial score (nSPS) is 12.0. The first-order valence-electron chi connectivity index (χ1n) is 7.48. The molecule has 0 atom stereocenters. The minimum atomic E-state index is 0.101. The third kappa shape index (κ3) is 2.85. The van der Waals surface area contributed by atoms with Crippen LogP contribution in [0.5, 0.6) is 0 Å². The van der Waals surface area contributed by atoms with Crippen LogP contribution in [0.25, 0.3) is 10.8 Å². The maximum atomic E-state index is 2.31. The van der Waals surface area contributed by atoms with Crippen LogP contribution in [0.15, 0.2) is 72.8 Å². The zero-order valence-corrected chi connectivity index (χ0v) is 12.9. The first kappa shape index (κ1) is 13.9. The summed E-state index contributed by atoms with van der Waals surface area (Å²) in [7, 11) is 0. The van der Waals surface area contributed by atoms with Gasteiger partial charge in [-0.1, -0.05) is 93.6 Å². The van der Waals surface area contributed by atoms with E-state index < -0.39 is 0 Å². The molecule has 3 aromatic rings. The van der Waals surface area contributed by atoms with Crippen molar-refractivity contribution in [3.8, 4) is 0 Å². The SMILES string of the molecule is CC(C)(C)[C](c1ccccc1)c1ccc2ccccc2c1. The van der Waals surface area contributed by atoms with E-state index in [1.54, 1.807) is 0 Å². The van der Waals surface area contributed by atoms with Crippen LogP contribution in [0.3, 0.4) is 0 Å². The van der Waals surface area contributed by atoms with E-state index in [9.17, 15) is 0 Å². The molecule has 0 bridgehead atoms. The second kappa shape index (κ2) is 5.37. The molecule has 0 saturated carbocycles. The Hall–Kier alpha value is -2.08. The number of hydrogen-bond acceptors (Lipinski definition) is 0. The zero-order valence-electron chi connectivity index (χ0n) is 12.9. The van der Waals surface area contributed by atoms with Gasteiger partial charge < -0.3 is 0 Å². The van der Waals surface area contributed by atoms with Crippen LogP contribution in [-0.2, 0) is 0 Å². The lowest BCUT2D eigenvalue weighted by atomic mass is 9.72. The first-order valence-corrected chi connectivity index (χ1v) is 7.48. The molecule has 3 rings (SSSR count). The van der Waals surface area contributed by atoms with E-state index >= 15 is 0 Å². The molecule has 0 amide bonds. The molecule has 0 N–H and O–H groups in total. The lowest BCUT2D eigenvalue weighted by Gasteiger charge is -2.31. The van der Waals surface area contributed by atoms with Crippen molar-refractivity contribution >= 4 is 10.8 Å². The highest BCUT2D eigenvalue weighted by atomic mass is 14.3. The van der Waals surface area contributed by atoms with Crippen molar-refractivity contribution in [3.63, 3.8) is 0 Å². The first-order chi connectivity index (χ1) is 10.1. The fraction of sp³-hybridized carbons (Fsp3) is 0.190. The van der Waals surface area contributed by atoms with Crippen LogP contribution in [-0.4, -0.2) is 0 Å². The van der Waals surface area contributed by atoms with E-state index in [-0.39, 0.29) is 5.41 Å². The van der Waals surface area contributed by atoms with E-state index in [0.717, 1.165) is 0 Å². The van der Waals surface area contributed by atoms with Gasteiger partial charge in [-0.25, -0.2) is 0 Å². The maximum absolute atomic E-state index is 2.31.